The molecule has 0 aromatic heterocycles. The average molecular weight is 341 g/mol. The second kappa shape index (κ2) is 5.28. The van der Waals surface area contributed by atoms with Crippen LogP contribution in [-0.2, 0) is 5.60 Å². The van der Waals surface area contributed by atoms with Crippen LogP contribution in [0.25, 0.3) is 21.9 Å². The minimum absolute atomic E-state index is 0.894. The van der Waals surface area contributed by atoms with Crippen LogP contribution in [-0.4, -0.2) is 5.11 Å². The molecule has 0 aliphatic rings. The van der Waals surface area contributed by atoms with E-state index in [0.29, 0.717) is 0 Å². The molecule has 0 atom stereocenters. The lowest BCUT2D eigenvalue weighted by molar-refractivity contribution is 0.0793. The van der Waals surface area contributed by atoms with Crippen LogP contribution in [0.15, 0.2) is 65.1 Å². The third-order valence-corrected chi connectivity index (χ3v) is 4.42. The molecule has 3 aromatic carbocycles. The van der Waals surface area contributed by atoms with E-state index in [-0.39, 0.29) is 0 Å². The van der Waals surface area contributed by atoms with Crippen LogP contribution >= 0.6 is 15.9 Å². The zero-order valence-corrected chi connectivity index (χ0v) is 13.7. The molecule has 3 rings (SSSR count). The van der Waals surface area contributed by atoms with Crippen LogP contribution < -0.4 is 0 Å². The summed E-state index contributed by atoms with van der Waals surface area (Å²) in [5, 5.41) is 12.9. The van der Waals surface area contributed by atoms with E-state index in [9.17, 15) is 5.11 Å². The van der Waals surface area contributed by atoms with E-state index in [2.05, 4.69) is 40.2 Å². The lowest BCUT2D eigenvalue weighted by Gasteiger charge is -2.24. The molecule has 0 saturated carbocycles. The number of halogens is 1. The van der Waals surface area contributed by atoms with Gasteiger partial charge in [-0.2, -0.15) is 0 Å². The Labute approximate surface area is 133 Å². The first-order chi connectivity index (χ1) is 9.98. The van der Waals surface area contributed by atoms with Crippen LogP contribution in [0.2, 0.25) is 0 Å². The molecule has 0 unspecified atom stereocenters. The van der Waals surface area contributed by atoms with Gasteiger partial charge in [0.1, 0.15) is 0 Å². The number of aliphatic hydroxyl groups is 1. The predicted molar refractivity (Wildman–Crippen MR) is 92.3 cm³/mol. The average Bonchev–Trinajstić information content (AvgIpc) is 2.46. The summed E-state index contributed by atoms with van der Waals surface area (Å²) in [6.07, 6.45) is 0. The first kappa shape index (κ1) is 14.3. The van der Waals surface area contributed by atoms with Crippen molar-refractivity contribution in [2.24, 2.45) is 0 Å². The van der Waals surface area contributed by atoms with E-state index >= 15 is 0 Å². The molecule has 21 heavy (non-hydrogen) atoms. The van der Waals surface area contributed by atoms with Gasteiger partial charge in [0.25, 0.3) is 0 Å². The third-order valence-electron chi connectivity index (χ3n) is 3.73. The predicted octanol–water partition coefficient (Wildman–Crippen LogP) is 5.50. The van der Waals surface area contributed by atoms with E-state index in [4.69, 9.17) is 0 Å². The number of rotatable bonds is 2. The molecule has 2 heteroatoms. The van der Waals surface area contributed by atoms with Gasteiger partial charge in [0.15, 0.2) is 0 Å². The summed E-state index contributed by atoms with van der Waals surface area (Å²) in [6, 6.07) is 20.5. The van der Waals surface area contributed by atoms with Crippen LogP contribution in [0, 0.1) is 0 Å². The first-order valence-electron chi connectivity index (χ1n) is 6.98. The van der Waals surface area contributed by atoms with Gasteiger partial charge >= 0.3 is 0 Å². The van der Waals surface area contributed by atoms with Gasteiger partial charge in [-0.3, -0.25) is 0 Å². The molecular formula is C19H17BrO. The van der Waals surface area contributed by atoms with Crippen molar-refractivity contribution >= 4 is 26.7 Å². The summed E-state index contributed by atoms with van der Waals surface area (Å²) in [6.45, 7) is 3.66. The van der Waals surface area contributed by atoms with Gasteiger partial charge in [-0.25, -0.2) is 0 Å². The number of hydrogen-bond acceptors (Lipinski definition) is 1. The molecule has 0 fully saturated rings. The summed E-state index contributed by atoms with van der Waals surface area (Å²) in [7, 11) is 0. The summed E-state index contributed by atoms with van der Waals surface area (Å²) < 4.78 is 1.03. The molecule has 0 aliphatic carbocycles. The van der Waals surface area contributed by atoms with Gasteiger partial charge in [0, 0.05) is 4.47 Å². The molecule has 1 N–H and O–H groups in total. The maximum absolute atomic E-state index is 10.6. The highest BCUT2D eigenvalue weighted by Gasteiger charge is 2.23. The third kappa shape index (κ3) is 2.61. The maximum Gasteiger partial charge on any atom is 0.0846 e. The van der Waals surface area contributed by atoms with Gasteiger partial charge < -0.3 is 5.11 Å². The molecule has 0 amide bonds. The van der Waals surface area contributed by atoms with Gasteiger partial charge in [-0.15, -0.1) is 0 Å². The van der Waals surface area contributed by atoms with Crippen molar-refractivity contribution in [3.63, 3.8) is 0 Å². The minimum atomic E-state index is -0.894. The summed E-state index contributed by atoms with van der Waals surface area (Å²) >= 11 is 3.64. The molecule has 1 nitrogen and oxygen atoms in total. The first-order valence-corrected chi connectivity index (χ1v) is 7.77. The van der Waals surface area contributed by atoms with E-state index in [1.807, 2.05) is 50.2 Å². The highest BCUT2D eigenvalue weighted by molar-refractivity contribution is 9.10. The second-order valence-corrected chi connectivity index (χ2v) is 6.60. The fourth-order valence-corrected chi connectivity index (χ4v) is 3.22. The molecule has 0 radical (unpaired) electrons. The zero-order valence-electron chi connectivity index (χ0n) is 12.1. The van der Waals surface area contributed by atoms with Crippen LogP contribution in [0.3, 0.4) is 0 Å². The highest BCUT2D eigenvalue weighted by Crippen LogP contribution is 2.40. The lowest BCUT2D eigenvalue weighted by Crippen LogP contribution is -2.17. The van der Waals surface area contributed by atoms with Gasteiger partial charge in [0.05, 0.1) is 5.60 Å². The smallest absolute Gasteiger partial charge is 0.0846 e. The molecule has 0 heterocycles. The zero-order chi connectivity index (χ0) is 15.0. The largest absolute Gasteiger partial charge is 0.386 e. The van der Waals surface area contributed by atoms with Crippen molar-refractivity contribution in [2.45, 2.75) is 19.4 Å². The molecule has 0 saturated heterocycles. The number of benzene rings is 3. The SMILES string of the molecule is CC(C)(O)c1ccc2ccccc2c1-c1ccccc1Br. The number of fused-ring (bicyclic) bond motifs is 1. The maximum atomic E-state index is 10.6. The van der Waals surface area contributed by atoms with Crippen molar-refractivity contribution in [2.75, 3.05) is 0 Å². The highest BCUT2D eigenvalue weighted by atomic mass is 79.9. The Morgan fingerprint density at radius 2 is 1.52 bits per heavy atom. The standard InChI is InChI=1S/C19H17BrO/c1-19(2,21)16-12-11-13-7-3-4-8-14(13)18(16)15-9-5-6-10-17(15)20/h3-12,21H,1-2H3. The Morgan fingerprint density at radius 1 is 0.857 bits per heavy atom. The second-order valence-electron chi connectivity index (χ2n) is 5.75. The normalized spacial score (nSPS) is 11.8. The lowest BCUT2D eigenvalue weighted by atomic mass is 9.86. The Kier molecular flexibility index (Phi) is 3.60. The van der Waals surface area contributed by atoms with Crippen molar-refractivity contribution in [1.29, 1.82) is 0 Å². The van der Waals surface area contributed by atoms with Crippen LogP contribution in [0.5, 0.6) is 0 Å². The van der Waals surface area contributed by atoms with E-state index in [1.165, 1.54) is 5.39 Å². The van der Waals surface area contributed by atoms with Gasteiger partial charge in [-0.1, -0.05) is 70.5 Å². The molecule has 0 spiro atoms. The monoisotopic (exact) mass is 340 g/mol. The van der Waals surface area contributed by atoms with Gasteiger partial charge in [-0.05, 0) is 47.4 Å². The van der Waals surface area contributed by atoms with E-state index in [1.54, 1.807) is 0 Å². The van der Waals surface area contributed by atoms with Gasteiger partial charge in [0.2, 0.25) is 0 Å². The Morgan fingerprint density at radius 3 is 2.24 bits per heavy atom. The molecular weight excluding hydrogens is 324 g/mol. The number of hydrogen-bond donors (Lipinski definition) is 1. The molecule has 3 aromatic rings. The van der Waals surface area contributed by atoms with Crippen LogP contribution in [0.4, 0.5) is 0 Å². The van der Waals surface area contributed by atoms with Crippen molar-refractivity contribution in [3.05, 3.63) is 70.7 Å². The topological polar surface area (TPSA) is 20.2 Å². The molecule has 0 bridgehead atoms. The van der Waals surface area contributed by atoms with Crippen molar-refractivity contribution in [3.8, 4) is 11.1 Å². The van der Waals surface area contributed by atoms with Crippen molar-refractivity contribution in [1.82, 2.24) is 0 Å². The fraction of sp³-hybridized carbons (Fsp3) is 0.158. The summed E-state index contributed by atoms with van der Waals surface area (Å²) in [5.74, 6) is 0. The summed E-state index contributed by atoms with van der Waals surface area (Å²) in [4.78, 5) is 0. The Hall–Kier alpha value is -1.64. The molecule has 0 aliphatic heterocycles. The van der Waals surface area contributed by atoms with E-state index in [0.717, 1.165) is 26.5 Å². The Balaban J connectivity index is 2.45. The van der Waals surface area contributed by atoms with Crippen molar-refractivity contribution < 1.29 is 5.11 Å². The fourth-order valence-electron chi connectivity index (χ4n) is 2.74. The molecule has 106 valence electrons. The van der Waals surface area contributed by atoms with E-state index < -0.39 is 5.60 Å². The quantitative estimate of drug-likeness (QED) is 0.653. The Bertz CT molecular complexity index is 800. The summed E-state index contributed by atoms with van der Waals surface area (Å²) in [5.41, 5.74) is 2.24. The minimum Gasteiger partial charge on any atom is -0.386 e. The van der Waals surface area contributed by atoms with Crippen LogP contribution in [0.1, 0.15) is 19.4 Å².